The molecular formula is C22H27FN2O2. The Labute approximate surface area is 160 Å². The number of likely N-dealkylation sites (N-methyl/N-ethyl adjacent to an activating group) is 1. The van der Waals surface area contributed by atoms with E-state index in [2.05, 4.69) is 17.0 Å². The maximum atomic E-state index is 13.1. The quantitative estimate of drug-likeness (QED) is 0.764. The number of rotatable bonds is 6. The Hall–Kier alpha value is -2.40. The lowest BCUT2D eigenvalue weighted by molar-refractivity contribution is -0.133. The van der Waals surface area contributed by atoms with Crippen molar-refractivity contribution in [2.45, 2.75) is 31.8 Å². The van der Waals surface area contributed by atoms with Crippen molar-refractivity contribution in [3.63, 3.8) is 0 Å². The Balaban J connectivity index is 1.65. The Kier molecular flexibility index (Phi) is 6.11. The molecule has 1 amide bonds. The first kappa shape index (κ1) is 19.4. The van der Waals surface area contributed by atoms with E-state index in [9.17, 15) is 9.18 Å². The molecule has 0 bridgehead atoms. The molecule has 2 atom stereocenters. The fourth-order valence-electron chi connectivity index (χ4n) is 3.69. The minimum atomic E-state index is -0.265. The molecule has 27 heavy (non-hydrogen) atoms. The molecule has 4 nitrogen and oxygen atoms in total. The molecular weight excluding hydrogens is 343 g/mol. The SMILES string of the molecule is COc1ccc(C2CCCN2CC(=O)N(C)C(C)c2ccc(F)cc2)cc1. The van der Waals surface area contributed by atoms with Crippen LogP contribution in [0.25, 0.3) is 0 Å². The van der Waals surface area contributed by atoms with Crippen LogP contribution in [0.4, 0.5) is 4.39 Å². The van der Waals surface area contributed by atoms with Gasteiger partial charge in [0.1, 0.15) is 11.6 Å². The van der Waals surface area contributed by atoms with Crippen LogP contribution in [-0.4, -0.2) is 43.0 Å². The zero-order valence-electron chi connectivity index (χ0n) is 16.2. The minimum Gasteiger partial charge on any atom is -0.497 e. The lowest BCUT2D eigenvalue weighted by Crippen LogP contribution is -2.39. The normalized spacial score (nSPS) is 18.3. The molecule has 0 aromatic heterocycles. The molecule has 0 radical (unpaired) electrons. The number of carbonyl (C=O) groups is 1. The summed E-state index contributed by atoms with van der Waals surface area (Å²) in [6.45, 7) is 3.27. The summed E-state index contributed by atoms with van der Waals surface area (Å²) in [4.78, 5) is 16.8. The van der Waals surface area contributed by atoms with Crippen LogP contribution in [0.1, 0.15) is 43.0 Å². The molecule has 1 aliphatic heterocycles. The van der Waals surface area contributed by atoms with E-state index in [1.165, 1.54) is 17.7 Å². The molecule has 1 fully saturated rings. The number of halogens is 1. The van der Waals surface area contributed by atoms with Crippen LogP contribution >= 0.6 is 0 Å². The number of methoxy groups -OCH3 is 1. The molecule has 2 unspecified atom stereocenters. The van der Waals surface area contributed by atoms with Crippen LogP contribution in [-0.2, 0) is 4.79 Å². The molecule has 0 aliphatic carbocycles. The predicted molar refractivity (Wildman–Crippen MR) is 104 cm³/mol. The third-order valence-corrected chi connectivity index (χ3v) is 5.53. The average Bonchev–Trinajstić information content (AvgIpc) is 3.15. The van der Waals surface area contributed by atoms with Crippen LogP contribution in [0.2, 0.25) is 0 Å². The van der Waals surface area contributed by atoms with E-state index < -0.39 is 0 Å². The maximum absolute atomic E-state index is 13.1. The Morgan fingerprint density at radius 1 is 1.22 bits per heavy atom. The van der Waals surface area contributed by atoms with Crippen molar-refractivity contribution in [3.05, 3.63) is 65.5 Å². The van der Waals surface area contributed by atoms with E-state index in [1.54, 1.807) is 24.1 Å². The molecule has 0 spiro atoms. The summed E-state index contributed by atoms with van der Waals surface area (Å²) < 4.78 is 18.4. The molecule has 1 aliphatic rings. The van der Waals surface area contributed by atoms with Crippen LogP contribution in [0.5, 0.6) is 5.75 Å². The summed E-state index contributed by atoms with van der Waals surface area (Å²) in [6.07, 6.45) is 2.14. The molecule has 0 saturated carbocycles. The molecule has 2 aromatic carbocycles. The van der Waals surface area contributed by atoms with E-state index in [0.717, 1.165) is 30.7 Å². The highest BCUT2D eigenvalue weighted by Crippen LogP contribution is 2.33. The van der Waals surface area contributed by atoms with E-state index in [1.807, 2.05) is 26.1 Å². The van der Waals surface area contributed by atoms with Crippen molar-refractivity contribution in [3.8, 4) is 5.75 Å². The number of likely N-dealkylation sites (tertiary alicyclic amines) is 1. The smallest absolute Gasteiger partial charge is 0.237 e. The zero-order chi connectivity index (χ0) is 19.4. The van der Waals surface area contributed by atoms with Crippen molar-refractivity contribution in [1.82, 2.24) is 9.80 Å². The largest absolute Gasteiger partial charge is 0.497 e. The van der Waals surface area contributed by atoms with Gasteiger partial charge in [-0.15, -0.1) is 0 Å². The van der Waals surface area contributed by atoms with Gasteiger partial charge in [0.2, 0.25) is 5.91 Å². The highest BCUT2D eigenvalue weighted by Gasteiger charge is 2.29. The van der Waals surface area contributed by atoms with Crippen molar-refractivity contribution in [2.75, 3.05) is 27.2 Å². The van der Waals surface area contributed by atoms with Crippen LogP contribution in [0.15, 0.2) is 48.5 Å². The summed E-state index contributed by atoms with van der Waals surface area (Å²) in [7, 11) is 3.47. The van der Waals surface area contributed by atoms with Crippen molar-refractivity contribution in [2.24, 2.45) is 0 Å². The van der Waals surface area contributed by atoms with Gasteiger partial charge in [-0.2, -0.15) is 0 Å². The topological polar surface area (TPSA) is 32.8 Å². The van der Waals surface area contributed by atoms with Crippen LogP contribution in [0, 0.1) is 5.82 Å². The summed E-state index contributed by atoms with van der Waals surface area (Å²) in [6, 6.07) is 14.6. The van der Waals surface area contributed by atoms with Gasteiger partial charge in [0.25, 0.3) is 0 Å². The van der Waals surface area contributed by atoms with Gasteiger partial charge in [0.05, 0.1) is 19.7 Å². The second-order valence-electron chi connectivity index (χ2n) is 7.13. The highest BCUT2D eigenvalue weighted by atomic mass is 19.1. The van der Waals surface area contributed by atoms with Crippen LogP contribution < -0.4 is 4.74 Å². The number of ether oxygens (including phenoxy) is 1. The number of hydrogen-bond donors (Lipinski definition) is 0. The molecule has 5 heteroatoms. The fourth-order valence-corrected chi connectivity index (χ4v) is 3.69. The van der Waals surface area contributed by atoms with Gasteiger partial charge < -0.3 is 9.64 Å². The van der Waals surface area contributed by atoms with Gasteiger partial charge in [-0.3, -0.25) is 9.69 Å². The van der Waals surface area contributed by atoms with Gasteiger partial charge in [0, 0.05) is 13.1 Å². The summed E-state index contributed by atoms with van der Waals surface area (Å²) in [5, 5.41) is 0. The van der Waals surface area contributed by atoms with Crippen molar-refractivity contribution < 1.29 is 13.9 Å². The standard InChI is InChI=1S/C22H27FN2O2/c1-16(17-6-10-19(23)11-7-17)24(2)22(26)15-25-14-4-5-21(25)18-8-12-20(27-3)13-9-18/h6-13,16,21H,4-5,14-15H2,1-3H3. The van der Waals surface area contributed by atoms with Crippen LogP contribution in [0.3, 0.4) is 0 Å². The number of hydrogen-bond acceptors (Lipinski definition) is 3. The second-order valence-corrected chi connectivity index (χ2v) is 7.13. The third kappa shape index (κ3) is 4.48. The molecule has 1 heterocycles. The first-order chi connectivity index (χ1) is 13.0. The first-order valence-corrected chi connectivity index (χ1v) is 9.38. The molecule has 2 aromatic rings. The third-order valence-electron chi connectivity index (χ3n) is 5.53. The highest BCUT2D eigenvalue weighted by molar-refractivity contribution is 5.78. The summed E-state index contributed by atoms with van der Waals surface area (Å²) in [5.41, 5.74) is 2.15. The molecule has 1 saturated heterocycles. The molecule has 144 valence electrons. The number of amides is 1. The zero-order valence-corrected chi connectivity index (χ0v) is 16.2. The maximum Gasteiger partial charge on any atom is 0.237 e. The molecule has 3 rings (SSSR count). The number of carbonyl (C=O) groups excluding carboxylic acids is 1. The average molecular weight is 370 g/mol. The predicted octanol–water partition coefficient (Wildman–Crippen LogP) is 4.19. The molecule has 0 N–H and O–H groups in total. The Morgan fingerprint density at radius 2 is 1.89 bits per heavy atom. The monoisotopic (exact) mass is 370 g/mol. The van der Waals surface area contributed by atoms with E-state index in [-0.39, 0.29) is 23.8 Å². The van der Waals surface area contributed by atoms with Gasteiger partial charge in [0.15, 0.2) is 0 Å². The lowest BCUT2D eigenvalue weighted by Gasteiger charge is -2.30. The fraction of sp³-hybridized carbons (Fsp3) is 0.409. The van der Waals surface area contributed by atoms with Gasteiger partial charge >= 0.3 is 0 Å². The van der Waals surface area contributed by atoms with E-state index in [0.29, 0.717) is 6.54 Å². The summed E-state index contributed by atoms with van der Waals surface area (Å²) in [5.74, 6) is 0.652. The van der Waals surface area contributed by atoms with Gasteiger partial charge in [-0.25, -0.2) is 4.39 Å². The second kappa shape index (κ2) is 8.53. The minimum absolute atomic E-state index is 0.0761. The van der Waals surface area contributed by atoms with E-state index in [4.69, 9.17) is 4.74 Å². The Morgan fingerprint density at radius 3 is 2.52 bits per heavy atom. The summed E-state index contributed by atoms with van der Waals surface area (Å²) >= 11 is 0. The van der Waals surface area contributed by atoms with Gasteiger partial charge in [-0.1, -0.05) is 24.3 Å². The Bertz CT molecular complexity index is 761. The van der Waals surface area contributed by atoms with Crippen molar-refractivity contribution >= 4 is 5.91 Å². The number of nitrogens with zero attached hydrogens (tertiary/aromatic N) is 2. The first-order valence-electron chi connectivity index (χ1n) is 9.38. The van der Waals surface area contributed by atoms with Gasteiger partial charge in [-0.05, 0) is 61.7 Å². The number of benzene rings is 2. The lowest BCUT2D eigenvalue weighted by atomic mass is 10.0. The van der Waals surface area contributed by atoms with E-state index >= 15 is 0 Å². The van der Waals surface area contributed by atoms with Crippen molar-refractivity contribution in [1.29, 1.82) is 0 Å².